The summed E-state index contributed by atoms with van der Waals surface area (Å²) in [7, 11) is 0. The number of carbonyl (C=O) groups is 3. The molecule has 232 valence electrons. The van der Waals surface area contributed by atoms with Crippen LogP contribution in [0.3, 0.4) is 0 Å². The van der Waals surface area contributed by atoms with Crippen LogP contribution >= 0.6 is 0 Å². The summed E-state index contributed by atoms with van der Waals surface area (Å²) in [6, 6.07) is 1.37. The molecule has 1 heterocycles. The third kappa shape index (κ3) is 13.1. The van der Waals surface area contributed by atoms with Gasteiger partial charge in [0.25, 0.3) is 0 Å². The summed E-state index contributed by atoms with van der Waals surface area (Å²) in [5.41, 5.74) is -3.09. The van der Waals surface area contributed by atoms with Gasteiger partial charge in [-0.1, -0.05) is 0 Å². The van der Waals surface area contributed by atoms with Crippen molar-refractivity contribution in [2.45, 2.75) is 31.7 Å². The van der Waals surface area contributed by atoms with Gasteiger partial charge in [-0.2, -0.15) is 26.3 Å². The smallest absolute Gasteiger partial charge is 0.416 e. The normalized spacial score (nSPS) is 18.6. The van der Waals surface area contributed by atoms with Crippen molar-refractivity contribution < 1.29 is 56.0 Å². The van der Waals surface area contributed by atoms with Crippen molar-refractivity contribution in [3.05, 3.63) is 34.9 Å². The fourth-order valence-corrected chi connectivity index (χ4v) is 4.62. The van der Waals surface area contributed by atoms with E-state index in [-0.39, 0.29) is 90.2 Å². The summed E-state index contributed by atoms with van der Waals surface area (Å²) in [5.74, 6) is -3.31. The van der Waals surface area contributed by atoms with Crippen LogP contribution in [0.4, 0.5) is 26.3 Å². The quantitative estimate of drug-likeness (QED) is 0.384. The minimum atomic E-state index is -5.00. The Hall–Kier alpha value is -2.95. The number of aliphatic carboxylic acids is 3. The van der Waals surface area contributed by atoms with Crippen LogP contribution in [0.1, 0.15) is 29.5 Å². The molecule has 0 amide bonds. The van der Waals surface area contributed by atoms with Crippen LogP contribution in [0.25, 0.3) is 0 Å². The Labute approximate surface area is 232 Å². The van der Waals surface area contributed by atoms with E-state index in [1.165, 1.54) is 0 Å². The third-order valence-electron chi connectivity index (χ3n) is 6.49. The zero-order valence-corrected chi connectivity index (χ0v) is 22.3. The molecule has 41 heavy (non-hydrogen) atoms. The second kappa shape index (κ2) is 15.3. The average molecular weight is 601 g/mol. The fraction of sp³-hybridized carbons (Fsp3) is 0.640. The molecule has 1 fully saturated rings. The van der Waals surface area contributed by atoms with Gasteiger partial charge in [0.2, 0.25) is 0 Å². The lowest BCUT2D eigenvalue weighted by Crippen LogP contribution is -2.44. The van der Waals surface area contributed by atoms with Gasteiger partial charge in [0.05, 0.1) is 30.8 Å². The molecule has 0 aliphatic carbocycles. The molecule has 1 aromatic carbocycles. The maximum Gasteiger partial charge on any atom is 0.416 e. The molecule has 0 unspecified atom stereocenters. The van der Waals surface area contributed by atoms with E-state index < -0.39 is 41.4 Å². The Balaban J connectivity index is 2.32. The lowest BCUT2D eigenvalue weighted by molar-refractivity contribution is -0.143. The molecule has 1 aliphatic heterocycles. The number of benzene rings is 1. The second-order valence-corrected chi connectivity index (χ2v) is 9.91. The van der Waals surface area contributed by atoms with Crippen molar-refractivity contribution in [3.63, 3.8) is 0 Å². The van der Waals surface area contributed by atoms with Gasteiger partial charge in [-0.3, -0.25) is 34.0 Å². The SMILES string of the molecule is O=C(O)CN1CCCN(CC(=O)O)CCN(Cc2cc(C(F)(F)F)cc(C(F)(F)F)c2)CCCN(CC(=O)O)CC1. The fourth-order valence-electron chi connectivity index (χ4n) is 4.62. The Morgan fingerprint density at radius 2 is 0.878 bits per heavy atom. The van der Waals surface area contributed by atoms with E-state index >= 15 is 0 Å². The van der Waals surface area contributed by atoms with E-state index in [2.05, 4.69) is 0 Å². The van der Waals surface area contributed by atoms with Crippen molar-refractivity contribution in [1.29, 1.82) is 0 Å². The van der Waals surface area contributed by atoms with Crippen LogP contribution < -0.4 is 0 Å². The van der Waals surface area contributed by atoms with E-state index in [4.69, 9.17) is 0 Å². The lowest BCUT2D eigenvalue weighted by atomic mass is 10.0. The standard InChI is InChI=1S/C25H34F6N4O6/c26-24(27,28)19-11-18(12-20(13-19)25(29,30)31)14-32-3-1-4-34(16-22(38)39)9-10-35(17-23(40)41)6-2-5-33(8-7-32)15-21(36)37/h11-13H,1-10,14-17H2,(H,36,37)(H,38,39)(H,40,41). The highest BCUT2D eigenvalue weighted by Crippen LogP contribution is 2.36. The molecule has 10 nitrogen and oxygen atoms in total. The van der Waals surface area contributed by atoms with Gasteiger partial charge in [-0.15, -0.1) is 0 Å². The molecule has 0 saturated carbocycles. The number of halogens is 6. The number of alkyl halides is 6. The molecule has 0 atom stereocenters. The largest absolute Gasteiger partial charge is 0.480 e. The molecule has 0 aromatic heterocycles. The first-order valence-corrected chi connectivity index (χ1v) is 12.9. The first-order chi connectivity index (χ1) is 19.0. The Kier molecular flexibility index (Phi) is 12.8. The van der Waals surface area contributed by atoms with E-state index in [0.717, 1.165) is 0 Å². The average Bonchev–Trinajstić information content (AvgIpc) is 2.82. The summed E-state index contributed by atoms with van der Waals surface area (Å²) in [6.07, 6.45) is -9.32. The van der Waals surface area contributed by atoms with Crippen molar-refractivity contribution >= 4 is 17.9 Å². The molecule has 1 aromatic rings. The van der Waals surface area contributed by atoms with Crippen LogP contribution in [0.2, 0.25) is 0 Å². The van der Waals surface area contributed by atoms with E-state index in [1.54, 1.807) is 19.6 Å². The number of nitrogens with zero attached hydrogens (tertiary/aromatic N) is 4. The number of hydrogen-bond donors (Lipinski definition) is 3. The van der Waals surface area contributed by atoms with Crippen molar-refractivity contribution in [2.24, 2.45) is 0 Å². The summed E-state index contributed by atoms with van der Waals surface area (Å²) in [4.78, 5) is 40.4. The summed E-state index contributed by atoms with van der Waals surface area (Å²) >= 11 is 0. The molecule has 3 N–H and O–H groups in total. The summed E-state index contributed by atoms with van der Waals surface area (Å²) in [6.45, 7) is 0.354. The summed E-state index contributed by atoms with van der Waals surface area (Å²) in [5, 5.41) is 27.8. The van der Waals surface area contributed by atoms with Gasteiger partial charge in [0.15, 0.2) is 0 Å². The van der Waals surface area contributed by atoms with Crippen molar-refractivity contribution in [3.8, 4) is 0 Å². The highest BCUT2D eigenvalue weighted by atomic mass is 19.4. The van der Waals surface area contributed by atoms with Gasteiger partial charge in [0, 0.05) is 52.4 Å². The monoisotopic (exact) mass is 600 g/mol. The molecule has 16 heteroatoms. The first kappa shape index (κ1) is 34.3. The van der Waals surface area contributed by atoms with E-state index in [9.17, 15) is 56.0 Å². The first-order valence-electron chi connectivity index (χ1n) is 12.9. The van der Waals surface area contributed by atoms with Gasteiger partial charge in [-0.25, -0.2) is 0 Å². The van der Waals surface area contributed by atoms with Crippen molar-refractivity contribution in [1.82, 2.24) is 19.6 Å². The number of hydrogen-bond acceptors (Lipinski definition) is 7. The zero-order chi connectivity index (χ0) is 30.8. The molecule has 2 rings (SSSR count). The molecule has 0 spiro atoms. The van der Waals surface area contributed by atoms with Crippen LogP contribution in [0.15, 0.2) is 18.2 Å². The van der Waals surface area contributed by atoms with E-state index in [1.807, 2.05) is 0 Å². The number of carboxylic acid groups (broad SMARTS) is 3. The third-order valence-corrected chi connectivity index (χ3v) is 6.49. The predicted octanol–water partition coefficient (Wildman–Crippen LogP) is 2.48. The molecular weight excluding hydrogens is 566 g/mol. The van der Waals surface area contributed by atoms with Gasteiger partial charge >= 0.3 is 30.3 Å². The molecule has 1 saturated heterocycles. The van der Waals surface area contributed by atoms with Gasteiger partial charge in [-0.05, 0) is 43.1 Å². The van der Waals surface area contributed by atoms with Crippen LogP contribution in [-0.4, -0.2) is 125 Å². The van der Waals surface area contributed by atoms with E-state index in [0.29, 0.717) is 25.0 Å². The minimum absolute atomic E-state index is 0.0539. The Bertz CT molecular complexity index is 1010. The van der Waals surface area contributed by atoms with Crippen LogP contribution in [0, 0.1) is 0 Å². The number of carboxylic acids is 3. The lowest BCUT2D eigenvalue weighted by Gasteiger charge is -2.31. The molecule has 1 aliphatic rings. The van der Waals surface area contributed by atoms with Crippen LogP contribution in [0.5, 0.6) is 0 Å². The minimum Gasteiger partial charge on any atom is -0.480 e. The topological polar surface area (TPSA) is 125 Å². The molecule has 0 bridgehead atoms. The highest BCUT2D eigenvalue weighted by Gasteiger charge is 2.37. The summed E-state index contributed by atoms with van der Waals surface area (Å²) < 4.78 is 80.2. The second-order valence-electron chi connectivity index (χ2n) is 9.91. The van der Waals surface area contributed by atoms with Crippen molar-refractivity contribution in [2.75, 3.05) is 72.0 Å². The maximum atomic E-state index is 13.4. The zero-order valence-electron chi connectivity index (χ0n) is 22.3. The van der Waals surface area contributed by atoms with Crippen LogP contribution in [-0.2, 0) is 33.3 Å². The Morgan fingerprint density at radius 3 is 1.20 bits per heavy atom. The number of rotatable bonds is 8. The molecule has 0 radical (unpaired) electrons. The molecular formula is C25H34F6N4O6. The predicted molar refractivity (Wildman–Crippen MR) is 133 cm³/mol. The van der Waals surface area contributed by atoms with Gasteiger partial charge in [0.1, 0.15) is 0 Å². The maximum absolute atomic E-state index is 13.4. The van der Waals surface area contributed by atoms with Gasteiger partial charge < -0.3 is 15.3 Å². The Morgan fingerprint density at radius 1 is 0.561 bits per heavy atom. The highest BCUT2D eigenvalue weighted by molar-refractivity contribution is 5.69.